The van der Waals surface area contributed by atoms with Gasteiger partial charge in [0.15, 0.2) is 0 Å². The third kappa shape index (κ3) is 2.80. The first-order valence-corrected chi connectivity index (χ1v) is 7.86. The van der Waals surface area contributed by atoms with E-state index >= 15 is 0 Å². The van der Waals surface area contributed by atoms with Crippen LogP contribution in [0.5, 0.6) is 0 Å². The fourth-order valence-electron chi connectivity index (χ4n) is 2.28. The van der Waals surface area contributed by atoms with Crippen molar-refractivity contribution >= 4 is 27.5 Å². The van der Waals surface area contributed by atoms with Crippen molar-refractivity contribution in [3.63, 3.8) is 0 Å². The van der Waals surface area contributed by atoms with Crippen LogP contribution in [0.4, 0.5) is 0 Å². The van der Waals surface area contributed by atoms with Crippen LogP contribution in [0.15, 0.2) is 59.4 Å². The Bertz CT molecular complexity index is 852. The largest absolute Gasteiger partial charge is 0.350 e. The summed E-state index contributed by atoms with van der Waals surface area (Å²) in [4.78, 5) is 24.6. The van der Waals surface area contributed by atoms with E-state index in [4.69, 9.17) is 0 Å². The minimum Gasteiger partial charge on any atom is -0.350 e. The molecule has 1 unspecified atom stereocenters. The molecule has 1 heterocycles. The Morgan fingerprint density at radius 3 is 2.55 bits per heavy atom. The molecule has 0 aliphatic carbocycles. The van der Waals surface area contributed by atoms with Gasteiger partial charge in [0.2, 0.25) is 5.91 Å². The first-order chi connectivity index (χ1) is 10.7. The first kappa shape index (κ1) is 14.5. The van der Waals surface area contributed by atoms with E-state index in [0.29, 0.717) is 11.9 Å². The van der Waals surface area contributed by atoms with Crippen LogP contribution in [0.1, 0.15) is 18.5 Å². The predicted octanol–water partition coefficient (Wildman–Crippen LogP) is 2.94. The SMILES string of the molecule is CC(C(=O)NCc1ccccc1)n1sc2ccccc2c1=O. The van der Waals surface area contributed by atoms with Gasteiger partial charge in [-0.15, -0.1) is 0 Å². The van der Waals surface area contributed by atoms with Gasteiger partial charge in [0.05, 0.1) is 10.1 Å². The molecule has 112 valence electrons. The molecule has 0 fully saturated rings. The number of fused-ring (bicyclic) bond motifs is 1. The third-order valence-corrected chi connectivity index (χ3v) is 4.79. The minimum absolute atomic E-state index is 0.108. The molecule has 0 aliphatic rings. The zero-order valence-corrected chi connectivity index (χ0v) is 13.0. The average Bonchev–Trinajstić information content (AvgIpc) is 2.90. The van der Waals surface area contributed by atoms with Crippen molar-refractivity contribution in [3.8, 4) is 0 Å². The van der Waals surface area contributed by atoms with E-state index < -0.39 is 6.04 Å². The molecule has 0 saturated carbocycles. The number of benzene rings is 2. The fourth-order valence-corrected chi connectivity index (χ4v) is 3.32. The van der Waals surface area contributed by atoms with Crippen molar-refractivity contribution in [1.29, 1.82) is 0 Å². The lowest BCUT2D eigenvalue weighted by Gasteiger charge is -2.12. The van der Waals surface area contributed by atoms with Gasteiger partial charge in [0, 0.05) is 6.54 Å². The van der Waals surface area contributed by atoms with Crippen LogP contribution in [-0.4, -0.2) is 9.86 Å². The van der Waals surface area contributed by atoms with Crippen LogP contribution >= 0.6 is 11.5 Å². The quantitative estimate of drug-likeness (QED) is 0.805. The van der Waals surface area contributed by atoms with Crippen LogP contribution in [0, 0.1) is 0 Å². The maximum Gasteiger partial charge on any atom is 0.269 e. The van der Waals surface area contributed by atoms with Crippen molar-refractivity contribution in [2.24, 2.45) is 0 Å². The van der Waals surface area contributed by atoms with Crippen LogP contribution in [0.25, 0.3) is 10.1 Å². The third-order valence-electron chi connectivity index (χ3n) is 3.56. The molecule has 3 aromatic rings. The second-order valence-corrected chi connectivity index (χ2v) is 6.11. The normalized spacial score (nSPS) is 12.2. The maximum atomic E-state index is 12.3. The van der Waals surface area contributed by atoms with Gasteiger partial charge in [-0.25, -0.2) is 0 Å². The summed E-state index contributed by atoms with van der Waals surface area (Å²) in [7, 11) is 0. The lowest BCUT2D eigenvalue weighted by molar-refractivity contribution is -0.123. The molecule has 2 aromatic carbocycles. The highest BCUT2D eigenvalue weighted by Crippen LogP contribution is 2.19. The first-order valence-electron chi connectivity index (χ1n) is 7.09. The topological polar surface area (TPSA) is 51.1 Å². The molecule has 0 radical (unpaired) electrons. The van der Waals surface area contributed by atoms with E-state index in [1.54, 1.807) is 13.0 Å². The van der Waals surface area contributed by atoms with Crippen molar-refractivity contribution in [2.45, 2.75) is 19.5 Å². The second kappa shape index (κ2) is 6.15. The van der Waals surface area contributed by atoms with Crippen LogP contribution in [0.3, 0.4) is 0 Å². The Kier molecular flexibility index (Phi) is 4.06. The van der Waals surface area contributed by atoms with Gasteiger partial charge >= 0.3 is 0 Å². The van der Waals surface area contributed by atoms with Gasteiger partial charge in [-0.3, -0.25) is 13.5 Å². The maximum absolute atomic E-state index is 12.3. The zero-order valence-electron chi connectivity index (χ0n) is 12.2. The molecule has 5 heteroatoms. The number of carbonyl (C=O) groups is 1. The molecule has 3 rings (SSSR count). The highest BCUT2D eigenvalue weighted by atomic mass is 32.1. The molecule has 1 N–H and O–H groups in total. The van der Waals surface area contributed by atoms with Crippen molar-refractivity contribution in [3.05, 3.63) is 70.5 Å². The number of carbonyl (C=O) groups excluding carboxylic acids is 1. The lowest BCUT2D eigenvalue weighted by atomic mass is 10.2. The van der Waals surface area contributed by atoms with Crippen LogP contribution in [-0.2, 0) is 11.3 Å². The van der Waals surface area contributed by atoms with E-state index in [-0.39, 0.29) is 11.5 Å². The predicted molar refractivity (Wildman–Crippen MR) is 89.1 cm³/mol. The van der Waals surface area contributed by atoms with Gasteiger partial charge in [0.25, 0.3) is 5.56 Å². The summed E-state index contributed by atoms with van der Waals surface area (Å²) in [5.74, 6) is -0.155. The lowest BCUT2D eigenvalue weighted by Crippen LogP contribution is -2.33. The minimum atomic E-state index is -0.520. The molecular weight excluding hydrogens is 296 g/mol. The van der Waals surface area contributed by atoms with Gasteiger partial charge in [-0.05, 0) is 24.6 Å². The molecule has 0 saturated heterocycles. The Balaban J connectivity index is 1.77. The molecular formula is C17H16N2O2S. The summed E-state index contributed by atoms with van der Waals surface area (Å²) < 4.78 is 2.43. The summed E-state index contributed by atoms with van der Waals surface area (Å²) >= 11 is 1.33. The summed E-state index contributed by atoms with van der Waals surface area (Å²) in [5, 5.41) is 3.54. The number of nitrogens with zero attached hydrogens (tertiary/aromatic N) is 1. The van der Waals surface area contributed by atoms with E-state index in [9.17, 15) is 9.59 Å². The van der Waals surface area contributed by atoms with Gasteiger partial charge < -0.3 is 5.32 Å². The average molecular weight is 312 g/mol. The summed E-state index contributed by atoms with van der Waals surface area (Å²) in [6, 6.07) is 16.6. The molecule has 22 heavy (non-hydrogen) atoms. The number of aromatic nitrogens is 1. The van der Waals surface area contributed by atoms with Gasteiger partial charge in [-0.1, -0.05) is 54.0 Å². The van der Waals surface area contributed by atoms with E-state index in [1.807, 2.05) is 48.5 Å². The van der Waals surface area contributed by atoms with Gasteiger partial charge in [0.1, 0.15) is 6.04 Å². The van der Waals surface area contributed by atoms with E-state index in [2.05, 4.69) is 5.32 Å². The van der Waals surface area contributed by atoms with Crippen LogP contribution in [0.2, 0.25) is 0 Å². The monoisotopic (exact) mass is 312 g/mol. The zero-order chi connectivity index (χ0) is 15.5. The number of hydrogen-bond acceptors (Lipinski definition) is 3. The standard InChI is InChI=1S/C17H16N2O2S/c1-12(16(20)18-11-13-7-3-2-4-8-13)19-17(21)14-9-5-6-10-15(14)22-19/h2-10,12H,11H2,1H3,(H,18,20). The Morgan fingerprint density at radius 1 is 1.14 bits per heavy atom. The molecule has 1 amide bonds. The molecule has 0 bridgehead atoms. The highest BCUT2D eigenvalue weighted by molar-refractivity contribution is 7.14. The smallest absolute Gasteiger partial charge is 0.269 e. The summed E-state index contributed by atoms with van der Waals surface area (Å²) in [5.41, 5.74) is 0.926. The van der Waals surface area contributed by atoms with Gasteiger partial charge in [-0.2, -0.15) is 0 Å². The second-order valence-electron chi connectivity index (χ2n) is 5.10. The molecule has 1 aromatic heterocycles. The molecule has 1 atom stereocenters. The molecule has 0 aliphatic heterocycles. The van der Waals surface area contributed by atoms with E-state index in [1.165, 1.54) is 15.5 Å². The van der Waals surface area contributed by atoms with Crippen molar-refractivity contribution in [2.75, 3.05) is 0 Å². The fraction of sp³-hybridized carbons (Fsp3) is 0.176. The summed E-state index contributed by atoms with van der Waals surface area (Å²) in [6.07, 6.45) is 0. The van der Waals surface area contributed by atoms with Crippen molar-refractivity contribution in [1.82, 2.24) is 9.27 Å². The highest BCUT2D eigenvalue weighted by Gasteiger charge is 2.19. The van der Waals surface area contributed by atoms with Crippen LogP contribution < -0.4 is 10.9 Å². The van der Waals surface area contributed by atoms with E-state index in [0.717, 1.165) is 10.3 Å². The Hall–Kier alpha value is -2.40. The number of amides is 1. The number of hydrogen-bond donors (Lipinski definition) is 1. The summed E-state index contributed by atoms with van der Waals surface area (Å²) in [6.45, 7) is 2.21. The number of nitrogens with one attached hydrogen (secondary N) is 1. The van der Waals surface area contributed by atoms with Crippen molar-refractivity contribution < 1.29 is 4.79 Å². The molecule has 0 spiro atoms. The Morgan fingerprint density at radius 2 is 1.82 bits per heavy atom. The Labute approximate surface area is 132 Å². The number of rotatable bonds is 4. The molecule has 4 nitrogen and oxygen atoms in total.